The number of nitrogens with zero attached hydrogens (tertiary/aromatic N) is 3. The van der Waals surface area contributed by atoms with Crippen LogP contribution in [0.2, 0.25) is 0 Å². The second-order valence-electron chi connectivity index (χ2n) is 5.46. The average molecular weight is 271 g/mol. The molecule has 1 aromatic heterocycles. The molecule has 4 nitrogen and oxygen atoms in total. The zero-order valence-corrected chi connectivity index (χ0v) is 11.9. The molecular formula is C16H21N3O. The molecule has 0 aliphatic carbocycles. The first-order chi connectivity index (χ1) is 9.85. The molecule has 1 aromatic carbocycles. The summed E-state index contributed by atoms with van der Waals surface area (Å²) in [7, 11) is 1.79. The van der Waals surface area contributed by atoms with Crippen molar-refractivity contribution >= 4 is 0 Å². The van der Waals surface area contributed by atoms with Gasteiger partial charge in [-0.15, -0.1) is 0 Å². The van der Waals surface area contributed by atoms with Crippen molar-refractivity contribution in [2.45, 2.75) is 13.0 Å². The molecule has 1 atom stereocenters. The van der Waals surface area contributed by atoms with Crippen molar-refractivity contribution in [1.29, 1.82) is 0 Å². The number of rotatable bonds is 5. The van der Waals surface area contributed by atoms with Gasteiger partial charge in [-0.1, -0.05) is 12.1 Å². The first-order valence-electron chi connectivity index (χ1n) is 7.15. The standard InChI is InChI=1S/C16H21N3O/c1-20-13-15-7-10-18(12-15)11-14-3-5-16(6-4-14)19-9-2-8-17-19/h2-6,8-9,15H,7,10-13H2,1H3/t15-/m0/s1. The van der Waals surface area contributed by atoms with E-state index in [0.29, 0.717) is 5.92 Å². The molecule has 2 aromatic rings. The Bertz CT molecular complexity index is 521. The largest absolute Gasteiger partial charge is 0.384 e. The Labute approximate surface area is 120 Å². The molecule has 106 valence electrons. The molecule has 3 rings (SSSR count). The molecule has 0 saturated carbocycles. The Morgan fingerprint density at radius 3 is 2.85 bits per heavy atom. The third kappa shape index (κ3) is 3.08. The van der Waals surface area contributed by atoms with E-state index in [0.717, 1.165) is 25.4 Å². The van der Waals surface area contributed by atoms with Gasteiger partial charge in [-0.2, -0.15) is 5.10 Å². The third-order valence-corrected chi connectivity index (χ3v) is 3.88. The molecule has 0 unspecified atom stereocenters. The van der Waals surface area contributed by atoms with Crippen LogP contribution in [0.3, 0.4) is 0 Å². The summed E-state index contributed by atoms with van der Waals surface area (Å²) < 4.78 is 7.13. The van der Waals surface area contributed by atoms with Crippen LogP contribution in [0.25, 0.3) is 5.69 Å². The summed E-state index contributed by atoms with van der Waals surface area (Å²) in [5, 5.41) is 4.24. The highest BCUT2D eigenvalue weighted by atomic mass is 16.5. The van der Waals surface area contributed by atoms with E-state index in [9.17, 15) is 0 Å². The van der Waals surface area contributed by atoms with Gasteiger partial charge in [0.05, 0.1) is 12.3 Å². The first-order valence-corrected chi connectivity index (χ1v) is 7.15. The molecule has 4 heteroatoms. The van der Waals surface area contributed by atoms with Gasteiger partial charge in [-0.05, 0) is 42.6 Å². The molecule has 0 spiro atoms. The minimum Gasteiger partial charge on any atom is -0.384 e. The minimum absolute atomic E-state index is 0.698. The number of hydrogen-bond donors (Lipinski definition) is 0. The van der Waals surface area contributed by atoms with Gasteiger partial charge in [0.25, 0.3) is 0 Å². The lowest BCUT2D eigenvalue weighted by Crippen LogP contribution is -2.21. The van der Waals surface area contributed by atoms with Crippen molar-refractivity contribution in [3.63, 3.8) is 0 Å². The van der Waals surface area contributed by atoms with E-state index < -0.39 is 0 Å². The van der Waals surface area contributed by atoms with Crippen molar-refractivity contribution in [3.8, 4) is 5.69 Å². The fraction of sp³-hybridized carbons (Fsp3) is 0.438. The van der Waals surface area contributed by atoms with Gasteiger partial charge in [0.15, 0.2) is 0 Å². The molecule has 20 heavy (non-hydrogen) atoms. The Hall–Kier alpha value is -1.65. The van der Waals surface area contributed by atoms with Gasteiger partial charge in [-0.25, -0.2) is 4.68 Å². The Balaban J connectivity index is 1.59. The van der Waals surface area contributed by atoms with Gasteiger partial charge in [-0.3, -0.25) is 4.90 Å². The van der Waals surface area contributed by atoms with Crippen LogP contribution in [0.1, 0.15) is 12.0 Å². The summed E-state index contributed by atoms with van der Waals surface area (Å²) in [5.74, 6) is 0.698. The van der Waals surface area contributed by atoms with Crippen LogP contribution in [0.15, 0.2) is 42.7 Å². The van der Waals surface area contributed by atoms with Crippen LogP contribution in [-0.4, -0.2) is 41.5 Å². The van der Waals surface area contributed by atoms with Crippen LogP contribution in [-0.2, 0) is 11.3 Å². The summed E-state index contributed by atoms with van der Waals surface area (Å²) in [6.07, 6.45) is 5.01. The molecule has 1 fully saturated rings. The predicted octanol–water partition coefficient (Wildman–Crippen LogP) is 2.34. The van der Waals surface area contributed by atoms with Crippen LogP contribution < -0.4 is 0 Å². The van der Waals surface area contributed by atoms with Crippen LogP contribution in [0.5, 0.6) is 0 Å². The zero-order chi connectivity index (χ0) is 13.8. The summed E-state index contributed by atoms with van der Waals surface area (Å²) in [4.78, 5) is 2.51. The highest BCUT2D eigenvalue weighted by Gasteiger charge is 2.21. The van der Waals surface area contributed by atoms with Crippen molar-refractivity contribution < 1.29 is 4.74 Å². The van der Waals surface area contributed by atoms with Gasteiger partial charge in [0.1, 0.15) is 0 Å². The monoisotopic (exact) mass is 271 g/mol. The van der Waals surface area contributed by atoms with Gasteiger partial charge >= 0.3 is 0 Å². The molecule has 0 amide bonds. The normalized spacial score (nSPS) is 19.6. The lowest BCUT2D eigenvalue weighted by Gasteiger charge is -2.16. The Morgan fingerprint density at radius 1 is 1.30 bits per heavy atom. The number of benzene rings is 1. The van der Waals surface area contributed by atoms with Crippen molar-refractivity contribution in [2.75, 3.05) is 26.8 Å². The van der Waals surface area contributed by atoms with Gasteiger partial charge in [0, 0.05) is 32.6 Å². The Morgan fingerprint density at radius 2 is 2.15 bits per heavy atom. The molecule has 1 saturated heterocycles. The number of likely N-dealkylation sites (tertiary alicyclic amines) is 1. The van der Waals surface area contributed by atoms with E-state index in [1.807, 2.05) is 16.9 Å². The zero-order valence-electron chi connectivity index (χ0n) is 11.9. The fourth-order valence-electron chi connectivity index (χ4n) is 2.86. The highest BCUT2D eigenvalue weighted by molar-refractivity contribution is 5.33. The van der Waals surface area contributed by atoms with Crippen LogP contribution >= 0.6 is 0 Å². The molecule has 0 bridgehead atoms. The van der Waals surface area contributed by atoms with Gasteiger partial charge in [0.2, 0.25) is 0 Å². The molecule has 1 aliphatic heterocycles. The maximum Gasteiger partial charge on any atom is 0.0645 e. The van der Waals surface area contributed by atoms with E-state index >= 15 is 0 Å². The van der Waals surface area contributed by atoms with E-state index in [1.54, 1.807) is 13.3 Å². The molecule has 1 aliphatic rings. The van der Waals surface area contributed by atoms with Gasteiger partial charge < -0.3 is 4.74 Å². The number of ether oxygens (including phenoxy) is 1. The lowest BCUT2D eigenvalue weighted by molar-refractivity contribution is 0.152. The second-order valence-corrected chi connectivity index (χ2v) is 5.46. The molecule has 0 N–H and O–H groups in total. The Kier molecular flexibility index (Phi) is 4.14. The quantitative estimate of drug-likeness (QED) is 0.836. The highest BCUT2D eigenvalue weighted by Crippen LogP contribution is 2.19. The summed E-state index contributed by atoms with van der Waals surface area (Å²) >= 11 is 0. The van der Waals surface area contributed by atoms with E-state index in [1.165, 1.54) is 18.5 Å². The number of aromatic nitrogens is 2. The van der Waals surface area contributed by atoms with Crippen LogP contribution in [0, 0.1) is 5.92 Å². The molecule has 2 heterocycles. The fourth-order valence-corrected chi connectivity index (χ4v) is 2.86. The summed E-state index contributed by atoms with van der Waals surface area (Å²) in [5.41, 5.74) is 2.47. The first kappa shape index (κ1) is 13.3. The maximum atomic E-state index is 5.24. The average Bonchev–Trinajstić information content (AvgIpc) is 3.12. The maximum absolute atomic E-state index is 5.24. The summed E-state index contributed by atoms with van der Waals surface area (Å²) in [6, 6.07) is 10.6. The SMILES string of the molecule is COC[C@H]1CCN(Cc2ccc(-n3cccn3)cc2)C1. The number of methoxy groups -OCH3 is 1. The van der Waals surface area contributed by atoms with Crippen molar-refractivity contribution in [1.82, 2.24) is 14.7 Å². The smallest absolute Gasteiger partial charge is 0.0645 e. The van der Waals surface area contributed by atoms with E-state index in [-0.39, 0.29) is 0 Å². The lowest BCUT2D eigenvalue weighted by atomic mass is 10.1. The van der Waals surface area contributed by atoms with Crippen molar-refractivity contribution in [2.24, 2.45) is 5.92 Å². The minimum atomic E-state index is 0.698. The van der Waals surface area contributed by atoms with E-state index in [2.05, 4.69) is 34.3 Å². The summed E-state index contributed by atoms with van der Waals surface area (Å²) in [6.45, 7) is 4.23. The predicted molar refractivity (Wildman–Crippen MR) is 78.8 cm³/mol. The van der Waals surface area contributed by atoms with Crippen molar-refractivity contribution in [3.05, 3.63) is 48.3 Å². The van der Waals surface area contributed by atoms with E-state index in [4.69, 9.17) is 4.74 Å². The number of hydrogen-bond acceptors (Lipinski definition) is 3. The second kappa shape index (κ2) is 6.20. The van der Waals surface area contributed by atoms with Crippen LogP contribution in [0.4, 0.5) is 0 Å². The molecular weight excluding hydrogens is 250 g/mol. The molecule has 0 radical (unpaired) electrons. The topological polar surface area (TPSA) is 30.3 Å². The third-order valence-electron chi connectivity index (χ3n) is 3.88.